The maximum Gasteiger partial charge on any atom is 0.339 e. The van der Waals surface area contributed by atoms with E-state index in [4.69, 9.17) is 5.11 Å². The first-order valence-electron chi connectivity index (χ1n) is 5.87. The molecule has 0 unspecified atom stereocenters. The van der Waals surface area contributed by atoms with E-state index in [1.165, 1.54) is 6.92 Å². The van der Waals surface area contributed by atoms with Gasteiger partial charge in [-0.1, -0.05) is 6.92 Å². The average molecular weight is 317 g/mol. The van der Waals surface area contributed by atoms with Crippen LogP contribution in [-0.4, -0.2) is 55.1 Å². The molecule has 1 rings (SSSR count). The number of hydrogen-bond donors (Lipinski definition) is 2. The van der Waals surface area contributed by atoms with E-state index in [1.54, 1.807) is 0 Å². The molecule has 1 aromatic carbocycles. The number of aromatic carboxylic acids is 1. The molecule has 0 saturated heterocycles. The third kappa shape index (κ3) is 3.70. The number of carbonyl (C=O) groups excluding carboxylic acids is 1. The molecule has 116 valence electrons. The summed E-state index contributed by atoms with van der Waals surface area (Å²) < 4.78 is 29.9. The van der Waals surface area contributed by atoms with Crippen LogP contribution in [0.25, 0.3) is 0 Å². The first-order valence-corrected chi connectivity index (χ1v) is 7.31. The molecular formula is C12H15NO7S. The molecule has 0 radical (unpaired) electrons. The smallest absolute Gasteiger partial charge is 0.339 e. The van der Waals surface area contributed by atoms with E-state index in [0.717, 1.165) is 29.6 Å². The second kappa shape index (κ2) is 6.55. The fourth-order valence-electron chi connectivity index (χ4n) is 1.57. The Bertz CT molecular complexity index is 654. The third-order valence-electron chi connectivity index (χ3n) is 2.72. The minimum atomic E-state index is -4.07. The minimum Gasteiger partial charge on any atom is -0.507 e. The van der Waals surface area contributed by atoms with Gasteiger partial charge in [0.15, 0.2) is 0 Å². The third-order valence-corrected chi connectivity index (χ3v) is 4.64. The van der Waals surface area contributed by atoms with E-state index < -0.39 is 39.8 Å². The number of benzene rings is 1. The van der Waals surface area contributed by atoms with Crippen LogP contribution in [-0.2, 0) is 19.6 Å². The Labute approximate surface area is 121 Å². The molecule has 0 aliphatic carbocycles. The quantitative estimate of drug-likeness (QED) is 0.722. The first kappa shape index (κ1) is 16.9. The van der Waals surface area contributed by atoms with Gasteiger partial charge in [0, 0.05) is 6.54 Å². The van der Waals surface area contributed by atoms with Crippen LogP contribution >= 0.6 is 0 Å². The molecule has 0 aromatic heterocycles. The number of aromatic hydroxyl groups is 1. The summed E-state index contributed by atoms with van der Waals surface area (Å²) in [7, 11) is -2.94. The van der Waals surface area contributed by atoms with Gasteiger partial charge in [-0.3, -0.25) is 4.79 Å². The second-order valence-corrected chi connectivity index (χ2v) is 5.93. The van der Waals surface area contributed by atoms with Crippen LogP contribution in [0.2, 0.25) is 0 Å². The van der Waals surface area contributed by atoms with Gasteiger partial charge in [-0.25, -0.2) is 13.2 Å². The summed E-state index contributed by atoms with van der Waals surface area (Å²) in [6.45, 7) is 1.04. The topological polar surface area (TPSA) is 121 Å². The van der Waals surface area contributed by atoms with Crippen molar-refractivity contribution in [2.75, 3.05) is 20.2 Å². The average Bonchev–Trinajstić information content (AvgIpc) is 2.43. The van der Waals surface area contributed by atoms with E-state index in [-0.39, 0.29) is 11.4 Å². The van der Waals surface area contributed by atoms with Crippen LogP contribution in [0, 0.1) is 0 Å². The van der Waals surface area contributed by atoms with Crippen LogP contribution in [0.3, 0.4) is 0 Å². The predicted octanol–water partition coefficient (Wildman–Crippen LogP) is 0.274. The summed E-state index contributed by atoms with van der Waals surface area (Å²) in [5, 5.41) is 18.3. The number of hydrogen-bond acceptors (Lipinski definition) is 6. The van der Waals surface area contributed by atoms with Crippen molar-refractivity contribution in [2.24, 2.45) is 0 Å². The molecular weight excluding hydrogens is 302 g/mol. The van der Waals surface area contributed by atoms with E-state index in [0.29, 0.717) is 0 Å². The molecule has 0 bridgehead atoms. The molecule has 0 aliphatic rings. The van der Waals surface area contributed by atoms with Crippen molar-refractivity contribution in [3.05, 3.63) is 23.8 Å². The standard InChI is InChI=1S/C12H15NO7S/c1-3-13(7-11(15)20-2)21(18,19)8-4-5-10(14)9(6-8)12(16)17/h4-6,14H,3,7H2,1-2H3,(H,16,17). The molecule has 0 amide bonds. The number of ether oxygens (including phenoxy) is 1. The minimum absolute atomic E-state index is 0.000709. The number of sulfonamides is 1. The van der Waals surface area contributed by atoms with Crippen LogP contribution < -0.4 is 0 Å². The normalized spacial score (nSPS) is 11.4. The van der Waals surface area contributed by atoms with Crippen LogP contribution in [0.5, 0.6) is 5.75 Å². The van der Waals surface area contributed by atoms with Gasteiger partial charge in [0.2, 0.25) is 10.0 Å². The highest BCUT2D eigenvalue weighted by Gasteiger charge is 2.27. The van der Waals surface area contributed by atoms with Gasteiger partial charge in [0.1, 0.15) is 17.9 Å². The fraction of sp³-hybridized carbons (Fsp3) is 0.333. The van der Waals surface area contributed by atoms with Crippen molar-refractivity contribution >= 4 is 22.0 Å². The summed E-state index contributed by atoms with van der Waals surface area (Å²) in [5.74, 6) is -2.74. The van der Waals surface area contributed by atoms with E-state index in [9.17, 15) is 23.1 Å². The van der Waals surface area contributed by atoms with E-state index in [2.05, 4.69) is 4.74 Å². The van der Waals surface area contributed by atoms with Gasteiger partial charge in [-0.2, -0.15) is 4.31 Å². The monoisotopic (exact) mass is 317 g/mol. The molecule has 0 atom stereocenters. The highest BCUT2D eigenvalue weighted by molar-refractivity contribution is 7.89. The maximum atomic E-state index is 12.3. The van der Waals surface area contributed by atoms with Gasteiger partial charge in [-0.05, 0) is 18.2 Å². The lowest BCUT2D eigenvalue weighted by Crippen LogP contribution is -2.36. The molecule has 9 heteroatoms. The Hall–Kier alpha value is -2.13. The Balaban J connectivity index is 3.26. The molecule has 0 fully saturated rings. The number of carboxylic acid groups (broad SMARTS) is 1. The molecule has 1 aromatic rings. The van der Waals surface area contributed by atoms with Gasteiger partial charge in [-0.15, -0.1) is 0 Å². The highest BCUT2D eigenvalue weighted by Crippen LogP contribution is 2.23. The van der Waals surface area contributed by atoms with Gasteiger partial charge >= 0.3 is 11.9 Å². The van der Waals surface area contributed by atoms with Gasteiger partial charge in [0.05, 0.1) is 12.0 Å². The Kier molecular flexibility index (Phi) is 5.28. The Morgan fingerprint density at radius 2 is 1.95 bits per heavy atom. The van der Waals surface area contributed by atoms with Crippen molar-refractivity contribution < 1.29 is 33.0 Å². The van der Waals surface area contributed by atoms with Crippen molar-refractivity contribution in [3.8, 4) is 5.75 Å². The molecule has 2 N–H and O–H groups in total. The summed E-state index contributed by atoms with van der Waals surface area (Å²) in [6.07, 6.45) is 0. The van der Waals surface area contributed by atoms with Crippen LogP contribution in [0.15, 0.2) is 23.1 Å². The van der Waals surface area contributed by atoms with E-state index in [1.807, 2.05) is 0 Å². The molecule has 0 saturated carbocycles. The zero-order chi connectivity index (χ0) is 16.2. The molecule has 21 heavy (non-hydrogen) atoms. The summed E-state index contributed by atoms with van der Waals surface area (Å²) in [6, 6.07) is 2.88. The molecule has 0 spiro atoms. The van der Waals surface area contributed by atoms with Crippen molar-refractivity contribution in [3.63, 3.8) is 0 Å². The predicted molar refractivity (Wildman–Crippen MR) is 71.5 cm³/mol. The Morgan fingerprint density at radius 3 is 2.43 bits per heavy atom. The number of esters is 1. The van der Waals surface area contributed by atoms with Crippen molar-refractivity contribution in [1.82, 2.24) is 4.31 Å². The van der Waals surface area contributed by atoms with Gasteiger partial charge in [0.25, 0.3) is 0 Å². The number of carbonyl (C=O) groups is 2. The van der Waals surface area contributed by atoms with Crippen molar-refractivity contribution in [1.29, 1.82) is 0 Å². The molecule has 0 aliphatic heterocycles. The number of methoxy groups -OCH3 is 1. The number of carboxylic acids is 1. The lowest BCUT2D eigenvalue weighted by molar-refractivity contribution is -0.140. The van der Waals surface area contributed by atoms with E-state index >= 15 is 0 Å². The number of phenols is 1. The zero-order valence-corrected chi connectivity index (χ0v) is 12.3. The largest absolute Gasteiger partial charge is 0.507 e. The fourth-order valence-corrected chi connectivity index (χ4v) is 2.99. The zero-order valence-electron chi connectivity index (χ0n) is 11.4. The summed E-state index contributed by atoms with van der Waals surface area (Å²) in [5.41, 5.74) is -0.537. The highest BCUT2D eigenvalue weighted by atomic mass is 32.2. The number of rotatable bonds is 6. The lowest BCUT2D eigenvalue weighted by atomic mass is 10.2. The maximum absolute atomic E-state index is 12.3. The number of likely N-dealkylation sites (N-methyl/N-ethyl adjacent to an activating group) is 1. The Morgan fingerprint density at radius 1 is 1.33 bits per heavy atom. The summed E-state index contributed by atoms with van der Waals surface area (Å²) >= 11 is 0. The van der Waals surface area contributed by atoms with Crippen LogP contribution in [0.4, 0.5) is 0 Å². The first-order chi connectivity index (χ1) is 9.73. The number of nitrogens with zero attached hydrogens (tertiary/aromatic N) is 1. The molecule has 0 heterocycles. The molecule has 8 nitrogen and oxygen atoms in total. The summed E-state index contributed by atoms with van der Waals surface area (Å²) in [4.78, 5) is 21.8. The van der Waals surface area contributed by atoms with Crippen molar-refractivity contribution in [2.45, 2.75) is 11.8 Å². The SMILES string of the molecule is CCN(CC(=O)OC)S(=O)(=O)c1ccc(O)c(C(=O)O)c1. The van der Waals surface area contributed by atoms with Crippen LogP contribution in [0.1, 0.15) is 17.3 Å². The van der Waals surface area contributed by atoms with Gasteiger partial charge < -0.3 is 14.9 Å². The second-order valence-electron chi connectivity index (χ2n) is 3.99. The lowest BCUT2D eigenvalue weighted by Gasteiger charge is -2.19.